The Bertz CT molecular complexity index is 424. The van der Waals surface area contributed by atoms with Crippen molar-refractivity contribution in [3.8, 4) is 0 Å². The zero-order chi connectivity index (χ0) is 15.1. The molecule has 21 heavy (non-hydrogen) atoms. The van der Waals surface area contributed by atoms with Crippen molar-refractivity contribution in [2.45, 2.75) is 39.0 Å². The maximum atomic E-state index is 12.0. The number of carbonyl (C=O) groups is 1. The van der Waals surface area contributed by atoms with E-state index in [0.717, 1.165) is 26.2 Å². The van der Waals surface area contributed by atoms with Crippen LogP contribution in [0, 0.1) is 5.92 Å². The minimum Gasteiger partial charge on any atom is -0.343 e. The molecule has 0 aromatic heterocycles. The van der Waals surface area contributed by atoms with Gasteiger partial charge in [-0.25, -0.2) is 0 Å². The maximum Gasteiger partial charge on any atom is 0.223 e. The molecular weight excluding hydrogens is 260 g/mol. The van der Waals surface area contributed by atoms with E-state index in [9.17, 15) is 4.79 Å². The summed E-state index contributed by atoms with van der Waals surface area (Å²) in [4.78, 5) is 14.0. The van der Waals surface area contributed by atoms with Crippen molar-refractivity contribution in [1.82, 2.24) is 10.2 Å². The second-order valence-electron chi connectivity index (χ2n) is 6.30. The van der Waals surface area contributed by atoms with Crippen molar-refractivity contribution in [3.63, 3.8) is 0 Å². The molecule has 0 radical (unpaired) electrons. The number of amides is 1. The average molecular weight is 288 g/mol. The van der Waals surface area contributed by atoms with Gasteiger partial charge in [0, 0.05) is 32.6 Å². The molecular formula is C18H28N2O. The Morgan fingerprint density at radius 3 is 2.48 bits per heavy atom. The lowest BCUT2D eigenvalue weighted by Gasteiger charge is -2.22. The van der Waals surface area contributed by atoms with Crippen LogP contribution in [0.25, 0.3) is 0 Å². The third-order valence-electron chi connectivity index (χ3n) is 4.37. The third kappa shape index (κ3) is 4.85. The fourth-order valence-corrected chi connectivity index (χ4v) is 3.02. The Labute approximate surface area is 128 Å². The average Bonchev–Trinajstić information content (AvgIpc) is 3.01. The van der Waals surface area contributed by atoms with Gasteiger partial charge in [0.15, 0.2) is 0 Å². The summed E-state index contributed by atoms with van der Waals surface area (Å²) in [6, 6.07) is 10.6. The van der Waals surface area contributed by atoms with Gasteiger partial charge in [-0.3, -0.25) is 4.79 Å². The summed E-state index contributed by atoms with van der Waals surface area (Å²) in [5.41, 5.74) is 1.38. The first kappa shape index (κ1) is 16.0. The fraction of sp³-hybridized carbons (Fsp3) is 0.611. The van der Waals surface area contributed by atoms with Gasteiger partial charge in [0.2, 0.25) is 5.91 Å². The molecule has 0 spiro atoms. The van der Waals surface area contributed by atoms with Crippen LogP contribution < -0.4 is 5.32 Å². The Hall–Kier alpha value is -1.35. The first-order valence-corrected chi connectivity index (χ1v) is 8.22. The van der Waals surface area contributed by atoms with Crippen molar-refractivity contribution in [2.75, 3.05) is 26.2 Å². The highest BCUT2D eigenvalue weighted by molar-refractivity contribution is 5.76. The van der Waals surface area contributed by atoms with Gasteiger partial charge in [-0.1, -0.05) is 44.2 Å². The summed E-state index contributed by atoms with van der Waals surface area (Å²) < 4.78 is 0. The highest BCUT2D eigenvalue weighted by Gasteiger charge is 2.18. The molecule has 116 valence electrons. The number of carbonyl (C=O) groups excluding carboxylic acids is 1. The van der Waals surface area contributed by atoms with Crippen molar-refractivity contribution in [3.05, 3.63) is 35.9 Å². The molecule has 0 saturated carbocycles. The van der Waals surface area contributed by atoms with E-state index in [4.69, 9.17) is 0 Å². The molecule has 1 atom stereocenters. The number of nitrogens with one attached hydrogen (secondary N) is 1. The molecule has 3 nitrogen and oxygen atoms in total. The van der Waals surface area contributed by atoms with Crippen LogP contribution in [-0.4, -0.2) is 37.0 Å². The van der Waals surface area contributed by atoms with Crippen LogP contribution in [0.15, 0.2) is 30.3 Å². The number of rotatable bonds is 7. The van der Waals surface area contributed by atoms with Crippen molar-refractivity contribution in [1.29, 1.82) is 0 Å². The monoisotopic (exact) mass is 288 g/mol. The molecule has 1 N–H and O–H groups in total. The summed E-state index contributed by atoms with van der Waals surface area (Å²) in [7, 11) is 0. The number of benzene rings is 1. The predicted octanol–water partition coefficient (Wildman–Crippen LogP) is 3.03. The fourth-order valence-electron chi connectivity index (χ4n) is 3.02. The van der Waals surface area contributed by atoms with Crippen LogP contribution in [0.5, 0.6) is 0 Å². The summed E-state index contributed by atoms with van der Waals surface area (Å²) in [6.07, 6.45) is 2.96. The second-order valence-corrected chi connectivity index (χ2v) is 6.30. The van der Waals surface area contributed by atoms with E-state index in [-0.39, 0.29) is 0 Å². The first-order valence-electron chi connectivity index (χ1n) is 8.22. The molecule has 1 amide bonds. The third-order valence-corrected chi connectivity index (χ3v) is 4.37. The van der Waals surface area contributed by atoms with Gasteiger partial charge < -0.3 is 10.2 Å². The molecule has 1 aromatic carbocycles. The van der Waals surface area contributed by atoms with Crippen molar-refractivity contribution >= 4 is 5.91 Å². The minimum atomic E-state index is 0.306. The van der Waals surface area contributed by atoms with Crippen LogP contribution in [0.4, 0.5) is 0 Å². The van der Waals surface area contributed by atoms with E-state index >= 15 is 0 Å². The van der Waals surface area contributed by atoms with Crippen LogP contribution in [0.1, 0.15) is 44.6 Å². The standard InChI is InChI=1S/C18H28N2O/c1-15(2)17(16-8-4-3-5-9-16)14-19-11-10-18(21)20-12-6-7-13-20/h3-5,8-9,15,17,19H,6-7,10-14H2,1-2H3. The van der Waals surface area contributed by atoms with E-state index in [1.807, 2.05) is 4.90 Å². The van der Waals surface area contributed by atoms with Gasteiger partial charge in [-0.2, -0.15) is 0 Å². The van der Waals surface area contributed by atoms with Crippen molar-refractivity contribution in [2.24, 2.45) is 5.92 Å². The smallest absolute Gasteiger partial charge is 0.223 e. The molecule has 2 rings (SSSR count). The zero-order valence-corrected chi connectivity index (χ0v) is 13.3. The Kier molecular flexibility index (Phi) is 6.24. The Morgan fingerprint density at radius 2 is 1.86 bits per heavy atom. The highest BCUT2D eigenvalue weighted by atomic mass is 16.2. The predicted molar refractivity (Wildman–Crippen MR) is 87.3 cm³/mol. The van der Waals surface area contributed by atoms with E-state index in [0.29, 0.717) is 24.2 Å². The lowest BCUT2D eigenvalue weighted by atomic mass is 9.88. The molecule has 1 heterocycles. The quantitative estimate of drug-likeness (QED) is 0.782. The van der Waals surface area contributed by atoms with Gasteiger partial charge in [0.25, 0.3) is 0 Å². The molecule has 0 aliphatic carbocycles. The number of hydrogen-bond acceptors (Lipinski definition) is 2. The van der Waals surface area contributed by atoms with E-state index in [2.05, 4.69) is 49.5 Å². The first-order chi connectivity index (χ1) is 10.2. The summed E-state index contributed by atoms with van der Waals surface area (Å²) in [6.45, 7) is 8.15. The molecule has 1 aliphatic heterocycles. The normalized spacial score (nSPS) is 16.4. The van der Waals surface area contributed by atoms with Gasteiger partial charge in [0.1, 0.15) is 0 Å². The second kappa shape index (κ2) is 8.18. The lowest BCUT2D eigenvalue weighted by molar-refractivity contribution is -0.130. The van der Waals surface area contributed by atoms with Crippen LogP contribution in [0.3, 0.4) is 0 Å². The van der Waals surface area contributed by atoms with E-state index in [1.165, 1.54) is 18.4 Å². The molecule has 1 unspecified atom stereocenters. The van der Waals surface area contributed by atoms with Gasteiger partial charge >= 0.3 is 0 Å². The number of hydrogen-bond donors (Lipinski definition) is 1. The highest BCUT2D eigenvalue weighted by Crippen LogP contribution is 2.23. The Morgan fingerprint density at radius 1 is 1.19 bits per heavy atom. The lowest BCUT2D eigenvalue weighted by Crippen LogP contribution is -2.32. The summed E-state index contributed by atoms with van der Waals surface area (Å²) in [5, 5.41) is 3.47. The molecule has 1 fully saturated rings. The molecule has 3 heteroatoms. The Balaban J connectivity index is 1.74. The van der Waals surface area contributed by atoms with Crippen LogP contribution >= 0.6 is 0 Å². The zero-order valence-electron chi connectivity index (χ0n) is 13.3. The van der Waals surface area contributed by atoms with Crippen molar-refractivity contribution < 1.29 is 4.79 Å². The van der Waals surface area contributed by atoms with Gasteiger partial charge in [0.05, 0.1) is 0 Å². The van der Waals surface area contributed by atoms with E-state index < -0.39 is 0 Å². The molecule has 1 aromatic rings. The van der Waals surface area contributed by atoms with Gasteiger partial charge in [-0.05, 0) is 30.2 Å². The minimum absolute atomic E-state index is 0.306. The van der Waals surface area contributed by atoms with Crippen LogP contribution in [0.2, 0.25) is 0 Å². The molecule has 1 saturated heterocycles. The summed E-state index contributed by atoms with van der Waals surface area (Å²) in [5.74, 6) is 1.41. The number of nitrogens with zero attached hydrogens (tertiary/aromatic N) is 1. The summed E-state index contributed by atoms with van der Waals surface area (Å²) >= 11 is 0. The van der Waals surface area contributed by atoms with Crippen LogP contribution in [-0.2, 0) is 4.79 Å². The van der Waals surface area contributed by atoms with Gasteiger partial charge in [-0.15, -0.1) is 0 Å². The van der Waals surface area contributed by atoms with E-state index in [1.54, 1.807) is 0 Å². The molecule has 1 aliphatic rings. The SMILES string of the molecule is CC(C)C(CNCCC(=O)N1CCCC1)c1ccccc1. The number of likely N-dealkylation sites (tertiary alicyclic amines) is 1. The topological polar surface area (TPSA) is 32.3 Å². The molecule has 0 bridgehead atoms. The maximum absolute atomic E-state index is 12.0. The largest absolute Gasteiger partial charge is 0.343 e.